The minimum absolute atomic E-state index is 0.0610. The van der Waals surface area contributed by atoms with Gasteiger partial charge in [0.25, 0.3) is 0 Å². The van der Waals surface area contributed by atoms with Crippen LogP contribution in [-0.2, 0) is 0 Å². The first-order chi connectivity index (χ1) is 7.70. The van der Waals surface area contributed by atoms with Crippen molar-refractivity contribution in [2.24, 2.45) is 5.41 Å². The fraction of sp³-hybridized carbons (Fsp3) is 0.545. The second kappa shape index (κ2) is 4.83. The van der Waals surface area contributed by atoms with Gasteiger partial charge in [-0.25, -0.2) is 9.78 Å². The molecule has 0 atom stereocenters. The van der Waals surface area contributed by atoms with Crippen molar-refractivity contribution in [3.63, 3.8) is 0 Å². The number of hydrogen-bond acceptors (Lipinski definition) is 5. The number of carboxylic acid groups (broad SMARTS) is 1. The van der Waals surface area contributed by atoms with Crippen molar-refractivity contribution < 1.29 is 14.7 Å². The molecule has 0 radical (unpaired) electrons. The van der Waals surface area contributed by atoms with Gasteiger partial charge in [0.2, 0.25) is 0 Å². The van der Waals surface area contributed by atoms with Gasteiger partial charge in [-0.3, -0.25) is 4.79 Å². The second-order valence-corrected chi connectivity index (χ2v) is 5.97. The molecule has 0 spiro atoms. The fourth-order valence-corrected chi connectivity index (χ4v) is 1.97. The van der Waals surface area contributed by atoms with Gasteiger partial charge in [-0.15, -0.1) is 0 Å². The third-order valence-corrected chi connectivity index (χ3v) is 3.03. The molecule has 0 aromatic carbocycles. The highest BCUT2D eigenvalue weighted by molar-refractivity contribution is 7.17. The van der Waals surface area contributed by atoms with Gasteiger partial charge in [0.1, 0.15) is 4.88 Å². The molecule has 1 aromatic rings. The Hall–Kier alpha value is -1.43. The summed E-state index contributed by atoms with van der Waals surface area (Å²) in [6.07, 6.45) is 0. The highest BCUT2D eigenvalue weighted by atomic mass is 32.1. The number of Topliss-reactive ketones (excluding diaryl/α,β-unsaturated/α-hetero) is 1. The zero-order chi connectivity index (χ0) is 13.2. The van der Waals surface area contributed by atoms with Crippen LogP contribution in [0.15, 0.2) is 0 Å². The molecule has 0 saturated carbocycles. The summed E-state index contributed by atoms with van der Waals surface area (Å²) >= 11 is 1.08. The van der Waals surface area contributed by atoms with Crippen LogP contribution < -0.4 is 5.32 Å². The molecule has 1 aromatic heterocycles. The Labute approximate surface area is 104 Å². The predicted molar refractivity (Wildman–Crippen MR) is 67.0 cm³/mol. The molecule has 0 aliphatic rings. The number of ketones is 1. The summed E-state index contributed by atoms with van der Waals surface area (Å²) in [5.74, 6) is -1.45. The number of hydrogen-bond donors (Lipinski definition) is 2. The lowest BCUT2D eigenvalue weighted by molar-refractivity contribution is 0.0687. The van der Waals surface area contributed by atoms with Crippen LogP contribution in [0, 0.1) is 5.41 Å². The number of thiazole rings is 1. The Balaban J connectivity index is 2.93. The van der Waals surface area contributed by atoms with Crippen molar-refractivity contribution in [2.45, 2.75) is 27.7 Å². The summed E-state index contributed by atoms with van der Waals surface area (Å²) in [6.45, 7) is 8.16. The molecule has 5 nitrogen and oxygen atoms in total. The normalized spacial score (nSPS) is 11.3. The molecule has 94 valence electrons. The van der Waals surface area contributed by atoms with E-state index in [9.17, 15) is 9.59 Å². The third-order valence-electron chi connectivity index (χ3n) is 1.92. The van der Waals surface area contributed by atoms with Gasteiger partial charge in [0.15, 0.2) is 16.6 Å². The lowest BCUT2D eigenvalue weighted by atomic mass is 9.97. The van der Waals surface area contributed by atoms with E-state index in [0.717, 1.165) is 11.3 Å². The van der Waals surface area contributed by atoms with E-state index in [0.29, 0.717) is 11.7 Å². The summed E-state index contributed by atoms with van der Waals surface area (Å²) in [5, 5.41) is 12.4. The van der Waals surface area contributed by atoms with E-state index in [1.165, 1.54) is 6.92 Å². The third kappa shape index (κ3) is 3.81. The van der Waals surface area contributed by atoms with Crippen molar-refractivity contribution in [3.05, 3.63) is 10.6 Å². The molecule has 0 aliphatic heterocycles. The Morgan fingerprint density at radius 2 is 2.00 bits per heavy atom. The predicted octanol–water partition coefficient (Wildman–Crippen LogP) is 2.50. The highest BCUT2D eigenvalue weighted by Crippen LogP contribution is 2.25. The number of anilines is 1. The second-order valence-electron chi connectivity index (χ2n) is 4.97. The molecule has 6 heteroatoms. The molecular formula is C11H16N2O3S. The average molecular weight is 256 g/mol. The van der Waals surface area contributed by atoms with E-state index in [-0.39, 0.29) is 21.8 Å². The van der Waals surface area contributed by atoms with E-state index in [1.807, 2.05) is 0 Å². The monoisotopic (exact) mass is 256 g/mol. The van der Waals surface area contributed by atoms with Crippen molar-refractivity contribution >= 4 is 28.2 Å². The molecule has 0 amide bonds. The largest absolute Gasteiger partial charge is 0.476 e. The van der Waals surface area contributed by atoms with Gasteiger partial charge in [0.05, 0.1) is 0 Å². The van der Waals surface area contributed by atoms with E-state index in [1.54, 1.807) is 0 Å². The van der Waals surface area contributed by atoms with Crippen molar-refractivity contribution in [3.8, 4) is 0 Å². The molecule has 0 aliphatic carbocycles. The van der Waals surface area contributed by atoms with Crippen LogP contribution in [0.1, 0.15) is 47.9 Å². The molecule has 0 saturated heterocycles. The number of nitrogens with one attached hydrogen (secondary N) is 1. The van der Waals surface area contributed by atoms with E-state index >= 15 is 0 Å². The molecule has 1 rings (SSSR count). The summed E-state index contributed by atoms with van der Waals surface area (Å²) < 4.78 is 0. The Morgan fingerprint density at radius 3 is 2.35 bits per heavy atom. The molecular weight excluding hydrogens is 240 g/mol. The molecule has 0 bridgehead atoms. The van der Waals surface area contributed by atoms with Crippen molar-refractivity contribution in [1.29, 1.82) is 0 Å². The minimum Gasteiger partial charge on any atom is -0.476 e. The van der Waals surface area contributed by atoms with Gasteiger partial charge < -0.3 is 10.4 Å². The van der Waals surface area contributed by atoms with Crippen LogP contribution >= 0.6 is 11.3 Å². The van der Waals surface area contributed by atoms with Crippen LogP contribution in [0.4, 0.5) is 5.13 Å². The zero-order valence-corrected chi connectivity index (χ0v) is 11.1. The van der Waals surface area contributed by atoms with Gasteiger partial charge >= 0.3 is 5.97 Å². The van der Waals surface area contributed by atoms with Crippen LogP contribution in [-0.4, -0.2) is 28.4 Å². The van der Waals surface area contributed by atoms with Gasteiger partial charge in [-0.2, -0.15) is 0 Å². The maximum atomic E-state index is 11.3. The van der Waals surface area contributed by atoms with Gasteiger partial charge in [0, 0.05) is 13.5 Å². The molecule has 0 fully saturated rings. The molecule has 0 unspecified atom stereocenters. The number of aromatic carboxylic acids is 1. The number of aromatic nitrogens is 1. The molecule has 17 heavy (non-hydrogen) atoms. The number of nitrogens with zero attached hydrogens (tertiary/aromatic N) is 1. The zero-order valence-electron chi connectivity index (χ0n) is 10.3. The summed E-state index contributed by atoms with van der Waals surface area (Å²) in [4.78, 5) is 26.3. The average Bonchev–Trinajstić information content (AvgIpc) is 2.57. The van der Waals surface area contributed by atoms with E-state index in [4.69, 9.17) is 5.11 Å². The van der Waals surface area contributed by atoms with Crippen molar-refractivity contribution in [2.75, 3.05) is 11.9 Å². The Bertz CT molecular complexity index is 415. The number of carbonyl (C=O) groups is 2. The SMILES string of the molecule is CC(=O)c1sc(NCC(C)(C)C)nc1C(=O)O. The molecule has 1 heterocycles. The lowest BCUT2D eigenvalue weighted by Crippen LogP contribution is -2.18. The van der Waals surface area contributed by atoms with Crippen LogP contribution in [0.3, 0.4) is 0 Å². The van der Waals surface area contributed by atoms with Crippen LogP contribution in [0.5, 0.6) is 0 Å². The standard InChI is InChI=1S/C11H16N2O3S/c1-6(14)8-7(9(15)16)13-10(17-8)12-5-11(2,3)4/h5H2,1-4H3,(H,12,13)(H,15,16). The first-order valence-corrected chi connectivity index (χ1v) is 6.01. The smallest absolute Gasteiger partial charge is 0.356 e. The first kappa shape index (κ1) is 13.6. The fourth-order valence-electron chi connectivity index (χ4n) is 1.12. The van der Waals surface area contributed by atoms with Crippen LogP contribution in [0.25, 0.3) is 0 Å². The van der Waals surface area contributed by atoms with E-state index in [2.05, 4.69) is 31.1 Å². The summed E-state index contributed by atoms with van der Waals surface area (Å²) in [7, 11) is 0. The van der Waals surface area contributed by atoms with Crippen molar-refractivity contribution in [1.82, 2.24) is 4.98 Å². The Morgan fingerprint density at radius 1 is 1.41 bits per heavy atom. The van der Waals surface area contributed by atoms with Crippen LogP contribution in [0.2, 0.25) is 0 Å². The number of carboxylic acids is 1. The first-order valence-electron chi connectivity index (χ1n) is 5.19. The minimum atomic E-state index is -1.17. The van der Waals surface area contributed by atoms with Gasteiger partial charge in [-0.1, -0.05) is 32.1 Å². The Kier molecular flexibility index (Phi) is 3.87. The highest BCUT2D eigenvalue weighted by Gasteiger charge is 2.21. The topological polar surface area (TPSA) is 79.3 Å². The maximum Gasteiger partial charge on any atom is 0.356 e. The maximum absolute atomic E-state index is 11.3. The summed E-state index contributed by atoms with van der Waals surface area (Å²) in [5.41, 5.74) is -0.107. The quantitative estimate of drug-likeness (QED) is 0.809. The number of carbonyl (C=O) groups excluding carboxylic acids is 1. The van der Waals surface area contributed by atoms with E-state index < -0.39 is 5.97 Å². The number of rotatable bonds is 4. The summed E-state index contributed by atoms with van der Waals surface area (Å²) in [6, 6.07) is 0. The van der Waals surface area contributed by atoms with Gasteiger partial charge in [-0.05, 0) is 5.41 Å². The lowest BCUT2D eigenvalue weighted by Gasteiger charge is -2.17. The molecule has 2 N–H and O–H groups in total.